The van der Waals surface area contributed by atoms with E-state index in [1.807, 2.05) is 0 Å². The Labute approximate surface area is 82.9 Å². The number of rotatable bonds is 3. The number of carboxylic acids is 1. The van der Waals surface area contributed by atoms with E-state index >= 15 is 0 Å². The second kappa shape index (κ2) is 4.43. The molecule has 15 heavy (non-hydrogen) atoms. The first-order chi connectivity index (χ1) is 7.06. The van der Waals surface area contributed by atoms with Crippen LogP contribution >= 0.6 is 0 Å². The first-order valence-corrected chi connectivity index (χ1v) is 3.81. The van der Waals surface area contributed by atoms with Gasteiger partial charge >= 0.3 is 5.97 Å². The van der Waals surface area contributed by atoms with Crippen molar-refractivity contribution in [3.8, 4) is 0 Å². The molecule has 0 heterocycles. The minimum Gasteiger partial charge on any atom is -0.477 e. The molecule has 0 amide bonds. The van der Waals surface area contributed by atoms with Gasteiger partial charge in [-0.1, -0.05) is 0 Å². The van der Waals surface area contributed by atoms with E-state index in [4.69, 9.17) is 5.11 Å². The molecule has 0 bridgehead atoms. The molecule has 0 radical (unpaired) electrons. The number of nitrogens with zero attached hydrogens (tertiary/aromatic N) is 1. The first-order valence-electron chi connectivity index (χ1n) is 3.81. The van der Waals surface area contributed by atoms with E-state index in [-0.39, 0.29) is 12.1 Å². The van der Waals surface area contributed by atoms with E-state index in [0.29, 0.717) is 0 Å². The van der Waals surface area contributed by atoms with Crippen LogP contribution in [0.2, 0.25) is 0 Å². The van der Waals surface area contributed by atoms with Gasteiger partial charge in [0.25, 0.3) is 0 Å². The average Bonchev–Trinajstić information content (AvgIpc) is 2.12. The SMILES string of the molecule is O=C=NCc1cc(F)c(C(=O)O)c(F)c1. The van der Waals surface area contributed by atoms with Gasteiger partial charge in [0.2, 0.25) is 6.08 Å². The van der Waals surface area contributed by atoms with Crippen LogP contribution in [0.15, 0.2) is 17.1 Å². The van der Waals surface area contributed by atoms with Crippen molar-refractivity contribution in [3.63, 3.8) is 0 Å². The van der Waals surface area contributed by atoms with Crippen molar-refractivity contribution in [2.75, 3.05) is 0 Å². The van der Waals surface area contributed by atoms with Crippen LogP contribution in [-0.2, 0) is 11.3 Å². The summed E-state index contributed by atoms with van der Waals surface area (Å²) in [6, 6.07) is 1.63. The molecule has 0 unspecified atom stereocenters. The molecular formula is C9H5F2NO3. The predicted octanol–water partition coefficient (Wildman–Crippen LogP) is 1.50. The van der Waals surface area contributed by atoms with Crippen LogP contribution in [0, 0.1) is 11.6 Å². The highest BCUT2D eigenvalue weighted by molar-refractivity contribution is 5.88. The highest BCUT2D eigenvalue weighted by Crippen LogP contribution is 2.16. The molecule has 1 N–H and O–H groups in total. The summed E-state index contributed by atoms with van der Waals surface area (Å²) in [6.07, 6.45) is 1.21. The van der Waals surface area contributed by atoms with Crippen LogP contribution in [-0.4, -0.2) is 17.2 Å². The van der Waals surface area contributed by atoms with Crippen LogP contribution < -0.4 is 0 Å². The van der Waals surface area contributed by atoms with E-state index in [1.54, 1.807) is 0 Å². The van der Waals surface area contributed by atoms with Gasteiger partial charge in [-0.15, -0.1) is 0 Å². The second-order valence-corrected chi connectivity index (χ2v) is 2.65. The van der Waals surface area contributed by atoms with Crippen LogP contribution in [0.25, 0.3) is 0 Å². The summed E-state index contributed by atoms with van der Waals surface area (Å²) in [5.41, 5.74) is -0.952. The van der Waals surface area contributed by atoms with Gasteiger partial charge < -0.3 is 5.11 Å². The summed E-state index contributed by atoms with van der Waals surface area (Å²) < 4.78 is 26.1. The smallest absolute Gasteiger partial charge is 0.341 e. The highest BCUT2D eigenvalue weighted by Gasteiger charge is 2.17. The Balaban J connectivity index is 3.18. The third-order valence-electron chi connectivity index (χ3n) is 1.64. The van der Waals surface area contributed by atoms with Gasteiger partial charge in [-0.05, 0) is 17.7 Å². The lowest BCUT2D eigenvalue weighted by molar-refractivity contribution is 0.0686. The van der Waals surface area contributed by atoms with Crippen molar-refractivity contribution in [2.24, 2.45) is 4.99 Å². The van der Waals surface area contributed by atoms with Crippen molar-refractivity contribution in [3.05, 3.63) is 34.9 Å². The zero-order valence-electron chi connectivity index (χ0n) is 7.33. The second-order valence-electron chi connectivity index (χ2n) is 2.65. The molecule has 0 aromatic heterocycles. The Kier molecular flexibility index (Phi) is 3.25. The normalized spacial score (nSPS) is 9.47. The summed E-state index contributed by atoms with van der Waals surface area (Å²) in [5.74, 6) is -4.08. The minimum absolute atomic E-state index is 0.0679. The number of aromatic carboxylic acids is 1. The van der Waals surface area contributed by atoms with Crippen molar-refractivity contribution in [1.29, 1.82) is 0 Å². The zero-order valence-corrected chi connectivity index (χ0v) is 7.33. The fourth-order valence-corrected chi connectivity index (χ4v) is 1.04. The molecule has 0 aliphatic rings. The Morgan fingerprint density at radius 3 is 2.33 bits per heavy atom. The molecule has 6 heteroatoms. The topological polar surface area (TPSA) is 66.7 Å². The third-order valence-corrected chi connectivity index (χ3v) is 1.64. The van der Waals surface area contributed by atoms with Gasteiger partial charge in [-0.25, -0.2) is 23.4 Å². The van der Waals surface area contributed by atoms with Gasteiger partial charge in [0.1, 0.15) is 17.2 Å². The maximum absolute atomic E-state index is 13.0. The fourth-order valence-electron chi connectivity index (χ4n) is 1.04. The van der Waals surface area contributed by atoms with Crippen LogP contribution in [0.1, 0.15) is 15.9 Å². The fraction of sp³-hybridized carbons (Fsp3) is 0.111. The maximum Gasteiger partial charge on any atom is 0.341 e. The summed E-state index contributed by atoms with van der Waals surface area (Å²) in [6.45, 7) is -0.239. The summed E-state index contributed by atoms with van der Waals surface area (Å²) in [4.78, 5) is 23.3. The molecule has 0 aliphatic carbocycles. The van der Waals surface area contributed by atoms with Crippen molar-refractivity contribution < 1.29 is 23.5 Å². The Bertz CT molecular complexity index is 430. The predicted molar refractivity (Wildman–Crippen MR) is 45.1 cm³/mol. The molecule has 4 nitrogen and oxygen atoms in total. The average molecular weight is 213 g/mol. The summed E-state index contributed by atoms with van der Waals surface area (Å²) in [7, 11) is 0. The Morgan fingerprint density at radius 2 is 1.93 bits per heavy atom. The van der Waals surface area contributed by atoms with Crippen LogP contribution in [0.3, 0.4) is 0 Å². The highest BCUT2D eigenvalue weighted by atomic mass is 19.1. The molecule has 1 aromatic carbocycles. The Morgan fingerprint density at radius 1 is 1.40 bits per heavy atom. The summed E-state index contributed by atoms with van der Waals surface area (Å²) in [5, 5.41) is 8.45. The van der Waals surface area contributed by atoms with Gasteiger partial charge in [0.05, 0.1) is 6.54 Å². The number of carbonyl (C=O) groups is 1. The quantitative estimate of drug-likeness (QED) is 0.611. The number of benzene rings is 1. The van der Waals surface area contributed by atoms with E-state index in [2.05, 4.69) is 4.99 Å². The van der Waals surface area contributed by atoms with Crippen molar-refractivity contribution in [2.45, 2.75) is 6.54 Å². The lowest BCUT2D eigenvalue weighted by Gasteiger charge is -2.01. The van der Waals surface area contributed by atoms with E-state index in [1.165, 1.54) is 6.08 Å². The van der Waals surface area contributed by atoms with E-state index < -0.39 is 23.2 Å². The molecule has 0 spiro atoms. The number of hydrogen-bond acceptors (Lipinski definition) is 3. The van der Waals surface area contributed by atoms with E-state index in [9.17, 15) is 18.4 Å². The lowest BCUT2D eigenvalue weighted by atomic mass is 10.1. The van der Waals surface area contributed by atoms with E-state index in [0.717, 1.165) is 12.1 Å². The summed E-state index contributed by atoms with van der Waals surface area (Å²) >= 11 is 0. The minimum atomic E-state index is -1.68. The molecule has 0 saturated heterocycles. The number of halogens is 2. The van der Waals surface area contributed by atoms with Gasteiger partial charge in [-0.2, -0.15) is 0 Å². The largest absolute Gasteiger partial charge is 0.477 e. The molecule has 1 rings (SSSR count). The molecule has 0 aliphatic heterocycles. The monoisotopic (exact) mass is 213 g/mol. The molecular weight excluding hydrogens is 208 g/mol. The molecule has 0 atom stereocenters. The standard InChI is InChI=1S/C9H5F2NO3/c10-6-1-5(3-12-4-13)2-7(11)8(6)9(14)15/h1-2H,3H2,(H,14,15). The maximum atomic E-state index is 13.0. The van der Waals surface area contributed by atoms with Crippen LogP contribution in [0.4, 0.5) is 8.78 Å². The van der Waals surface area contributed by atoms with Crippen molar-refractivity contribution in [1.82, 2.24) is 0 Å². The van der Waals surface area contributed by atoms with Crippen LogP contribution in [0.5, 0.6) is 0 Å². The van der Waals surface area contributed by atoms with Gasteiger partial charge in [0.15, 0.2) is 0 Å². The van der Waals surface area contributed by atoms with Gasteiger partial charge in [-0.3, -0.25) is 0 Å². The molecule has 0 saturated carbocycles. The van der Waals surface area contributed by atoms with Gasteiger partial charge in [0, 0.05) is 0 Å². The van der Waals surface area contributed by atoms with Crippen molar-refractivity contribution >= 4 is 12.0 Å². The number of isocyanates is 1. The Hall–Kier alpha value is -2.07. The zero-order chi connectivity index (χ0) is 11.4. The number of carbonyl (C=O) groups excluding carboxylic acids is 1. The molecule has 0 fully saturated rings. The lowest BCUT2D eigenvalue weighted by Crippen LogP contribution is -2.05. The molecule has 1 aromatic rings. The molecule has 78 valence electrons. The third kappa shape index (κ3) is 2.45. The number of carboxylic acid groups (broad SMARTS) is 1. The number of hydrogen-bond donors (Lipinski definition) is 1. The first kappa shape index (κ1) is 11.0. The number of aliphatic imine (C=N–C) groups is 1.